The topological polar surface area (TPSA) is 59.0 Å². The summed E-state index contributed by atoms with van der Waals surface area (Å²) in [7, 11) is 0. The Bertz CT molecular complexity index is 1360. The second-order valence-electron chi connectivity index (χ2n) is 9.53. The fraction of sp³-hybridized carbons (Fsp3) is 0.296. The van der Waals surface area contributed by atoms with Crippen LogP contribution in [0.4, 0.5) is 17.6 Å². The lowest BCUT2D eigenvalue weighted by Crippen LogP contribution is -2.59. The van der Waals surface area contributed by atoms with E-state index in [4.69, 9.17) is 9.47 Å². The third-order valence-electron chi connectivity index (χ3n) is 6.42. The predicted molar refractivity (Wildman–Crippen MR) is 131 cm³/mol. The number of carbonyl (C=O) groups is 1. The molecule has 1 fully saturated rings. The summed E-state index contributed by atoms with van der Waals surface area (Å²) in [6, 6.07) is 12.5. The molecule has 10 heteroatoms. The van der Waals surface area contributed by atoms with Crippen LogP contribution < -0.4 is 9.47 Å². The Morgan fingerprint density at radius 2 is 1.92 bits per heavy atom. The van der Waals surface area contributed by atoms with Gasteiger partial charge in [-0.05, 0) is 30.2 Å². The maximum atomic E-state index is 14.9. The minimum atomic E-state index is -4.51. The van der Waals surface area contributed by atoms with E-state index in [1.54, 1.807) is 43.3 Å². The van der Waals surface area contributed by atoms with Crippen molar-refractivity contribution in [3.8, 4) is 22.6 Å². The monoisotopic (exact) mass is 533 g/mol. The SMILES string of the molecule is CC1(C(=O)O)CN(CC2=Cc3c(F)cc(OCc4cc(-c5ccccc5)c(C(F)(F)F)s4)cc3OC2)C1. The van der Waals surface area contributed by atoms with Crippen LogP contribution in [0.2, 0.25) is 0 Å². The summed E-state index contributed by atoms with van der Waals surface area (Å²) < 4.78 is 67.2. The van der Waals surface area contributed by atoms with Gasteiger partial charge < -0.3 is 14.6 Å². The first-order chi connectivity index (χ1) is 17.5. The molecule has 0 unspecified atom stereocenters. The molecule has 0 bridgehead atoms. The van der Waals surface area contributed by atoms with Gasteiger partial charge in [0.05, 0.1) is 11.0 Å². The van der Waals surface area contributed by atoms with E-state index in [2.05, 4.69) is 0 Å². The van der Waals surface area contributed by atoms with Crippen molar-refractivity contribution < 1.29 is 36.9 Å². The minimum Gasteiger partial charge on any atom is -0.488 e. The molecule has 3 aromatic rings. The quantitative estimate of drug-likeness (QED) is 0.360. The molecule has 0 saturated carbocycles. The van der Waals surface area contributed by atoms with Crippen molar-refractivity contribution in [2.24, 2.45) is 5.41 Å². The number of ether oxygens (including phenoxy) is 2. The highest BCUT2D eigenvalue weighted by atomic mass is 32.1. The van der Waals surface area contributed by atoms with Crippen molar-refractivity contribution in [3.63, 3.8) is 0 Å². The van der Waals surface area contributed by atoms with Crippen LogP contribution in [-0.2, 0) is 17.6 Å². The summed E-state index contributed by atoms with van der Waals surface area (Å²) in [5, 5.41) is 9.25. The van der Waals surface area contributed by atoms with Crippen LogP contribution in [0.5, 0.6) is 11.5 Å². The molecule has 194 valence electrons. The first-order valence-electron chi connectivity index (χ1n) is 11.5. The highest BCUT2D eigenvalue weighted by Gasteiger charge is 2.45. The summed E-state index contributed by atoms with van der Waals surface area (Å²) >= 11 is 0.603. The van der Waals surface area contributed by atoms with E-state index in [9.17, 15) is 27.5 Å². The van der Waals surface area contributed by atoms with Crippen LogP contribution in [-0.4, -0.2) is 42.2 Å². The Morgan fingerprint density at radius 3 is 2.59 bits per heavy atom. The van der Waals surface area contributed by atoms with E-state index < -0.39 is 28.3 Å². The van der Waals surface area contributed by atoms with Crippen LogP contribution in [0.25, 0.3) is 17.2 Å². The molecule has 0 amide bonds. The largest absolute Gasteiger partial charge is 0.488 e. The van der Waals surface area contributed by atoms with E-state index in [0.717, 1.165) is 5.57 Å². The first-order valence-corrected chi connectivity index (χ1v) is 12.3. The third-order valence-corrected chi connectivity index (χ3v) is 7.57. The zero-order chi connectivity index (χ0) is 26.4. The molecule has 5 rings (SSSR count). The maximum Gasteiger partial charge on any atom is 0.426 e. The molecule has 0 aliphatic carbocycles. The van der Waals surface area contributed by atoms with Gasteiger partial charge in [-0.1, -0.05) is 30.3 Å². The third kappa shape index (κ3) is 5.21. The second kappa shape index (κ2) is 9.50. The van der Waals surface area contributed by atoms with Gasteiger partial charge in [-0.25, -0.2) is 4.39 Å². The van der Waals surface area contributed by atoms with Crippen molar-refractivity contribution in [2.45, 2.75) is 19.7 Å². The molecule has 0 radical (unpaired) electrons. The van der Waals surface area contributed by atoms with Crippen LogP contribution in [0.3, 0.4) is 0 Å². The van der Waals surface area contributed by atoms with E-state index in [1.165, 1.54) is 18.2 Å². The number of halogens is 4. The molecular formula is C27H23F4NO4S. The van der Waals surface area contributed by atoms with E-state index in [-0.39, 0.29) is 35.8 Å². The maximum absolute atomic E-state index is 14.9. The Kier molecular flexibility index (Phi) is 6.49. The molecule has 2 aromatic carbocycles. The number of fused-ring (bicyclic) bond motifs is 1. The number of thiophene rings is 1. The standard InChI is InChI=1S/C27H23F4NO4S/c1-26(25(33)34)14-32(15-26)11-16-7-21-22(28)8-18(9-23(21)36-12-16)35-13-19-10-20(17-5-3-2-4-6-17)24(37-19)27(29,30)31/h2-10H,11-15H2,1H3,(H,33,34). The van der Waals surface area contributed by atoms with Crippen molar-refractivity contribution in [2.75, 3.05) is 26.2 Å². The second-order valence-corrected chi connectivity index (χ2v) is 10.7. The lowest BCUT2D eigenvalue weighted by Gasteiger charge is -2.45. The van der Waals surface area contributed by atoms with Crippen molar-refractivity contribution in [3.05, 3.63) is 75.2 Å². The predicted octanol–water partition coefficient (Wildman–Crippen LogP) is 6.33. The van der Waals surface area contributed by atoms with Gasteiger partial charge >= 0.3 is 12.1 Å². The summed E-state index contributed by atoms with van der Waals surface area (Å²) in [6.45, 7) is 3.05. The lowest BCUT2D eigenvalue weighted by molar-refractivity contribution is -0.158. The smallest absolute Gasteiger partial charge is 0.426 e. The number of hydrogen-bond acceptors (Lipinski definition) is 5. The van der Waals surface area contributed by atoms with Crippen LogP contribution in [0.1, 0.15) is 22.2 Å². The highest BCUT2D eigenvalue weighted by Crippen LogP contribution is 2.43. The molecular weight excluding hydrogens is 510 g/mol. The molecule has 2 aliphatic heterocycles. The summed E-state index contributed by atoms with van der Waals surface area (Å²) in [4.78, 5) is 12.9. The number of aliphatic carboxylic acids is 1. The number of carboxylic acid groups (broad SMARTS) is 1. The zero-order valence-corrected chi connectivity index (χ0v) is 20.6. The molecule has 1 saturated heterocycles. The Balaban J connectivity index is 1.29. The van der Waals surface area contributed by atoms with Gasteiger partial charge in [0.15, 0.2) is 0 Å². The zero-order valence-electron chi connectivity index (χ0n) is 19.8. The van der Waals surface area contributed by atoms with Crippen molar-refractivity contribution in [1.29, 1.82) is 0 Å². The lowest BCUT2D eigenvalue weighted by atomic mass is 9.82. The van der Waals surface area contributed by atoms with Gasteiger partial charge in [0.2, 0.25) is 0 Å². The molecule has 5 nitrogen and oxygen atoms in total. The van der Waals surface area contributed by atoms with E-state index >= 15 is 0 Å². The molecule has 2 aliphatic rings. The van der Waals surface area contributed by atoms with Crippen LogP contribution in [0, 0.1) is 11.2 Å². The van der Waals surface area contributed by atoms with Gasteiger partial charge in [-0.2, -0.15) is 13.2 Å². The first kappa shape index (κ1) is 25.3. The van der Waals surface area contributed by atoms with Gasteiger partial charge in [-0.3, -0.25) is 9.69 Å². The highest BCUT2D eigenvalue weighted by molar-refractivity contribution is 7.12. The van der Waals surface area contributed by atoms with E-state index in [0.29, 0.717) is 41.4 Å². The fourth-order valence-corrected chi connectivity index (χ4v) is 5.56. The molecule has 0 atom stereocenters. The summed E-state index contributed by atoms with van der Waals surface area (Å²) in [5.41, 5.74) is 0.854. The van der Waals surface area contributed by atoms with Gasteiger partial charge in [0.25, 0.3) is 0 Å². The summed E-state index contributed by atoms with van der Waals surface area (Å²) in [5.74, 6) is -0.980. The number of likely N-dealkylation sites (tertiary alicyclic amines) is 1. The average molecular weight is 534 g/mol. The average Bonchev–Trinajstić information content (AvgIpc) is 3.28. The molecule has 3 heterocycles. The molecule has 1 N–H and O–H groups in total. The van der Waals surface area contributed by atoms with Gasteiger partial charge in [0, 0.05) is 42.2 Å². The Morgan fingerprint density at radius 1 is 1.19 bits per heavy atom. The Labute approximate surface area is 214 Å². The fourth-order valence-electron chi connectivity index (χ4n) is 4.60. The molecule has 37 heavy (non-hydrogen) atoms. The minimum absolute atomic E-state index is 0.0835. The van der Waals surface area contributed by atoms with Gasteiger partial charge in [0.1, 0.15) is 35.4 Å². The van der Waals surface area contributed by atoms with Crippen molar-refractivity contribution >= 4 is 23.4 Å². The van der Waals surface area contributed by atoms with Gasteiger partial charge in [-0.15, -0.1) is 11.3 Å². The van der Waals surface area contributed by atoms with Crippen molar-refractivity contribution in [1.82, 2.24) is 4.90 Å². The number of alkyl halides is 3. The number of benzene rings is 2. The number of nitrogens with zero attached hydrogens (tertiary/aromatic N) is 1. The van der Waals surface area contributed by atoms with E-state index in [1.807, 2.05) is 4.90 Å². The summed E-state index contributed by atoms with van der Waals surface area (Å²) in [6.07, 6.45) is -2.82. The number of carboxylic acids is 1. The van der Waals surface area contributed by atoms with Crippen LogP contribution >= 0.6 is 11.3 Å². The van der Waals surface area contributed by atoms with Crippen LogP contribution in [0.15, 0.2) is 54.1 Å². The number of hydrogen-bond donors (Lipinski definition) is 1. The molecule has 1 aromatic heterocycles. The number of rotatable bonds is 7. The molecule has 0 spiro atoms. The normalized spacial score (nSPS) is 16.8. The Hall–Kier alpha value is -3.37.